The van der Waals surface area contributed by atoms with Crippen LogP contribution in [0.3, 0.4) is 0 Å². The summed E-state index contributed by atoms with van der Waals surface area (Å²) in [6.45, 7) is 7.90. The standard InChI is InChI=1S/C15H31N3O3S/c1-3-4-13-22(19,20)16-14-15(5-7-17(2)8-6-15)18-9-11-21-12-10-18/h16H,3-14H2,1-2H3. The van der Waals surface area contributed by atoms with Gasteiger partial charge >= 0.3 is 0 Å². The van der Waals surface area contributed by atoms with E-state index in [1.165, 1.54) is 0 Å². The Morgan fingerprint density at radius 3 is 2.36 bits per heavy atom. The van der Waals surface area contributed by atoms with Gasteiger partial charge in [0.05, 0.1) is 19.0 Å². The lowest BCUT2D eigenvalue weighted by Crippen LogP contribution is -2.62. The summed E-state index contributed by atoms with van der Waals surface area (Å²) in [4.78, 5) is 4.77. The van der Waals surface area contributed by atoms with E-state index in [2.05, 4.69) is 21.6 Å². The number of nitrogens with zero attached hydrogens (tertiary/aromatic N) is 2. The minimum absolute atomic E-state index is 0.0461. The molecule has 2 aliphatic heterocycles. The van der Waals surface area contributed by atoms with Crippen molar-refractivity contribution < 1.29 is 13.2 Å². The molecule has 2 saturated heterocycles. The molecule has 2 fully saturated rings. The topological polar surface area (TPSA) is 61.9 Å². The van der Waals surface area contributed by atoms with Gasteiger partial charge in [0, 0.05) is 25.2 Å². The van der Waals surface area contributed by atoms with Crippen molar-refractivity contribution in [1.29, 1.82) is 0 Å². The maximum absolute atomic E-state index is 12.2. The van der Waals surface area contributed by atoms with Crippen molar-refractivity contribution in [3.8, 4) is 0 Å². The normalized spacial score (nSPS) is 24.5. The summed E-state index contributed by atoms with van der Waals surface area (Å²) in [5, 5.41) is 0. The van der Waals surface area contributed by atoms with Crippen molar-refractivity contribution in [3.63, 3.8) is 0 Å². The number of sulfonamides is 1. The first kappa shape index (κ1) is 18.1. The Balaban J connectivity index is 2.01. The molecule has 0 aromatic heterocycles. The number of hydrogen-bond donors (Lipinski definition) is 1. The van der Waals surface area contributed by atoms with E-state index in [0.717, 1.165) is 65.1 Å². The second-order valence-corrected chi connectivity index (χ2v) is 8.55. The molecule has 0 aromatic carbocycles. The maximum atomic E-state index is 12.2. The summed E-state index contributed by atoms with van der Waals surface area (Å²) in [7, 11) is -1.02. The molecule has 0 saturated carbocycles. The van der Waals surface area contributed by atoms with E-state index in [4.69, 9.17) is 4.74 Å². The van der Waals surface area contributed by atoms with E-state index in [1.807, 2.05) is 6.92 Å². The number of hydrogen-bond acceptors (Lipinski definition) is 5. The zero-order valence-corrected chi connectivity index (χ0v) is 14.8. The first-order valence-corrected chi connectivity index (χ1v) is 10.1. The molecule has 0 amide bonds. The Kier molecular flexibility index (Phi) is 6.64. The zero-order valence-electron chi connectivity index (χ0n) is 14.0. The third-order valence-corrected chi connectivity index (χ3v) is 6.40. The Morgan fingerprint density at radius 1 is 1.14 bits per heavy atom. The minimum atomic E-state index is -3.15. The fourth-order valence-electron chi connectivity index (χ4n) is 3.33. The van der Waals surface area contributed by atoms with Crippen molar-refractivity contribution >= 4 is 10.0 Å². The minimum Gasteiger partial charge on any atom is -0.379 e. The molecule has 0 bridgehead atoms. The summed E-state index contributed by atoms with van der Waals surface area (Å²) >= 11 is 0. The molecule has 6 nitrogen and oxygen atoms in total. The highest BCUT2D eigenvalue weighted by Gasteiger charge is 2.40. The average molecular weight is 333 g/mol. The molecular formula is C15H31N3O3S. The van der Waals surface area contributed by atoms with Crippen LogP contribution in [0.5, 0.6) is 0 Å². The molecule has 2 aliphatic rings. The largest absolute Gasteiger partial charge is 0.379 e. The van der Waals surface area contributed by atoms with Gasteiger partial charge in [-0.15, -0.1) is 0 Å². The number of likely N-dealkylation sites (tertiary alicyclic amines) is 1. The highest BCUT2D eigenvalue weighted by Crippen LogP contribution is 2.29. The van der Waals surface area contributed by atoms with Gasteiger partial charge in [-0.05, 0) is 39.4 Å². The van der Waals surface area contributed by atoms with Crippen molar-refractivity contribution in [2.75, 3.05) is 58.7 Å². The van der Waals surface area contributed by atoms with E-state index >= 15 is 0 Å². The SMILES string of the molecule is CCCCS(=O)(=O)NCC1(N2CCOCC2)CCN(C)CC1. The summed E-state index contributed by atoms with van der Waals surface area (Å²) in [5.41, 5.74) is -0.0461. The van der Waals surface area contributed by atoms with Crippen LogP contribution in [0.25, 0.3) is 0 Å². The molecule has 22 heavy (non-hydrogen) atoms. The molecule has 0 aliphatic carbocycles. The average Bonchev–Trinajstić information content (AvgIpc) is 2.54. The lowest BCUT2D eigenvalue weighted by Gasteiger charge is -2.49. The third kappa shape index (κ3) is 4.89. The van der Waals surface area contributed by atoms with Crippen molar-refractivity contribution in [2.24, 2.45) is 0 Å². The van der Waals surface area contributed by atoms with Crippen LogP contribution in [0.2, 0.25) is 0 Å². The van der Waals surface area contributed by atoms with Gasteiger partial charge in [-0.1, -0.05) is 13.3 Å². The van der Waals surface area contributed by atoms with E-state index in [-0.39, 0.29) is 11.3 Å². The van der Waals surface area contributed by atoms with Gasteiger partial charge in [-0.3, -0.25) is 4.90 Å². The molecule has 2 rings (SSSR count). The number of unbranched alkanes of at least 4 members (excludes halogenated alkanes) is 1. The number of rotatable bonds is 7. The van der Waals surface area contributed by atoms with Gasteiger partial charge in [0.1, 0.15) is 0 Å². The predicted octanol–water partition coefficient (Wildman–Crippen LogP) is 0.503. The zero-order chi connectivity index (χ0) is 16.1. The summed E-state index contributed by atoms with van der Waals surface area (Å²) in [5.74, 6) is 0.239. The van der Waals surface area contributed by atoms with Crippen LogP contribution in [-0.4, -0.2) is 82.5 Å². The lowest BCUT2D eigenvalue weighted by molar-refractivity contribution is -0.0427. The second-order valence-electron chi connectivity index (χ2n) is 6.62. The smallest absolute Gasteiger partial charge is 0.211 e. The Morgan fingerprint density at radius 2 is 1.77 bits per heavy atom. The van der Waals surface area contributed by atoms with E-state index in [9.17, 15) is 8.42 Å². The van der Waals surface area contributed by atoms with Crippen molar-refractivity contribution in [1.82, 2.24) is 14.5 Å². The fraction of sp³-hybridized carbons (Fsp3) is 1.00. The predicted molar refractivity (Wildman–Crippen MR) is 88.6 cm³/mol. The molecule has 0 unspecified atom stereocenters. The number of piperidine rings is 1. The first-order chi connectivity index (χ1) is 10.5. The second kappa shape index (κ2) is 8.06. The molecule has 130 valence electrons. The third-order valence-electron chi connectivity index (χ3n) is 4.99. The van der Waals surface area contributed by atoms with Crippen molar-refractivity contribution in [3.05, 3.63) is 0 Å². The van der Waals surface area contributed by atoms with Gasteiger partial charge in [0.25, 0.3) is 0 Å². The van der Waals surface area contributed by atoms with Crippen LogP contribution in [-0.2, 0) is 14.8 Å². The molecule has 1 N–H and O–H groups in total. The van der Waals surface area contributed by atoms with Gasteiger partial charge in [-0.25, -0.2) is 13.1 Å². The van der Waals surface area contributed by atoms with Crippen molar-refractivity contribution in [2.45, 2.75) is 38.1 Å². The highest BCUT2D eigenvalue weighted by atomic mass is 32.2. The summed E-state index contributed by atoms with van der Waals surface area (Å²) in [6.07, 6.45) is 3.66. The monoisotopic (exact) mass is 333 g/mol. The van der Waals surface area contributed by atoms with Crippen LogP contribution >= 0.6 is 0 Å². The van der Waals surface area contributed by atoms with Crippen LogP contribution in [0.4, 0.5) is 0 Å². The summed E-state index contributed by atoms with van der Waals surface area (Å²) in [6, 6.07) is 0. The Labute approximate surface area is 135 Å². The molecule has 2 heterocycles. The number of nitrogens with one attached hydrogen (secondary N) is 1. The summed E-state index contributed by atoms with van der Waals surface area (Å²) < 4.78 is 32.7. The Bertz CT molecular complexity index is 427. The van der Waals surface area contributed by atoms with E-state index in [1.54, 1.807) is 0 Å². The Hall–Kier alpha value is -0.210. The van der Waals surface area contributed by atoms with Gasteiger partial charge in [0.2, 0.25) is 10.0 Å². The van der Waals surface area contributed by atoms with Gasteiger partial charge in [0.15, 0.2) is 0 Å². The fourth-order valence-corrected chi connectivity index (χ4v) is 4.63. The van der Waals surface area contributed by atoms with Crippen LogP contribution < -0.4 is 4.72 Å². The molecule has 7 heteroatoms. The molecule has 0 spiro atoms. The van der Waals surface area contributed by atoms with E-state index < -0.39 is 10.0 Å². The van der Waals surface area contributed by atoms with Crippen LogP contribution in [0.15, 0.2) is 0 Å². The molecular weight excluding hydrogens is 302 g/mol. The highest BCUT2D eigenvalue weighted by molar-refractivity contribution is 7.89. The van der Waals surface area contributed by atoms with Gasteiger partial charge in [-0.2, -0.15) is 0 Å². The molecule has 0 atom stereocenters. The maximum Gasteiger partial charge on any atom is 0.211 e. The molecule has 0 aromatic rings. The molecule has 0 radical (unpaired) electrons. The number of morpholine rings is 1. The van der Waals surface area contributed by atoms with Crippen LogP contribution in [0.1, 0.15) is 32.6 Å². The lowest BCUT2D eigenvalue weighted by atomic mass is 9.85. The van der Waals surface area contributed by atoms with Gasteiger partial charge < -0.3 is 9.64 Å². The van der Waals surface area contributed by atoms with E-state index in [0.29, 0.717) is 6.54 Å². The first-order valence-electron chi connectivity index (χ1n) is 8.46. The quantitative estimate of drug-likeness (QED) is 0.735. The van der Waals surface area contributed by atoms with Crippen LogP contribution in [0, 0.1) is 0 Å². The number of ether oxygens (including phenoxy) is 1.